The topological polar surface area (TPSA) is 41.7 Å². The average Bonchev–Trinajstić information content (AvgIpc) is 3.05. The molecule has 4 rings (SSSR count). The number of methoxy groups -OCH3 is 1. The number of hydrogen-bond acceptors (Lipinski definition) is 5. The first-order chi connectivity index (χ1) is 13.8. The number of oxazole rings is 1. The smallest absolute Gasteiger partial charge is 0.209 e. The normalized spacial score (nSPS) is 20.2. The first-order valence-corrected chi connectivity index (χ1v) is 10.8. The number of nitrogens with zero attached hydrogens (tertiary/aromatic N) is 3. The maximum absolute atomic E-state index is 6.01. The molecule has 2 fully saturated rings. The van der Waals surface area contributed by atoms with Gasteiger partial charge in [0.1, 0.15) is 5.75 Å². The van der Waals surface area contributed by atoms with Gasteiger partial charge in [0.15, 0.2) is 5.76 Å². The number of aromatic nitrogens is 1. The molecule has 5 heteroatoms. The number of likely N-dealkylation sites (tertiary alicyclic amines) is 2. The SMILES string of the molecule is COc1ccc(-c2cnc(CN3CCC(CN4CCCCCC4)CC3)o2)cc1. The Labute approximate surface area is 168 Å². The first kappa shape index (κ1) is 19.5. The third-order valence-electron chi connectivity index (χ3n) is 6.21. The Morgan fingerprint density at radius 1 is 0.964 bits per heavy atom. The minimum Gasteiger partial charge on any atom is -0.497 e. The van der Waals surface area contributed by atoms with E-state index in [1.54, 1.807) is 7.11 Å². The Bertz CT molecular complexity index is 712. The summed E-state index contributed by atoms with van der Waals surface area (Å²) in [7, 11) is 1.68. The predicted molar refractivity (Wildman–Crippen MR) is 111 cm³/mol. The van der Waals surface area contributed by atoms with Gasteiger partial charge in [0.05, 0.1) is 19.9 Å². The van der Waals surface area contributed by atoms with E-state index in [-0.39, 0.29) is 0 Å². The standard InChI is InChI=1S/C23H33N3O2/c1-27-21-8-6-20(7-9-21)22-16-24-23(28-22)18-26-14-10-19(11-15-26)17-25-12-4-2-3-5-13-25/h6-9,16,19H,2-5,10-15,17-18H2,1H3. The molecule has 0 spiro atoms. The van der Waals surface area contributed by atoms with Crippen LogP contribution >= 0.6 is 0 Å². The second kappa shape index (κ2) is 9.57. The van der Waals surface area contributed by atoms with Crippen LogP contribution in [0.4, 0.5) is 0 Å². The molecule has 2 aromatic rings. The van der Waals surface area contributed by atoms with Gasteiger partial charge in [0, 0.05) is 12.1 Å². The van der Waals surface area contributed by atoms with Crippen molar-refractivity contribution in [2.75, 3.05) is 39.8 Å². The molecule has 2 aliphatic heterocycles. The summed E-state index contributed by atoms with van der Waals surface area (Å²) in [5.41, 5.74) is 1.04. The van der Waals surface area contributed by atoms with Crippen molar-refractivity contribution in [3.8, 4) is 17.1 Å². The number of benzene rings is 1. The molecule has 0 unspecified atom stereocenters. The quantitative estimate of drug-likeness (QED) is 0.738. The Hall–Kier alpha value is -1.85. The highest BCUT2D eigenvalue weighted by atomic mass is 16.5. The van der Waals surface area contributed by atoms with E-state index in [4.69, 9.17) is 9.15 Å². The van der Waals surface area contributed by atoms with Crippen LogP contribution in [0.25, 0.3) is 11.3 Å². The van der Waals surface area contributed by atoms with Crippen LogP contribution in [0.1, 0.15) is 44.4 Å². The number of ether oxygens (including phenoxy) is 1. The van der Waals surface area contributed by atoms with Crippen molar-refractivity contribution in [1.29, 1.82) is 0 Å². The van der Waals surface area contributed by atoms with Crippen molar-refractivity contribution in [1.82, 2.24) is 14.8 Å². The molecule has 2 aliphatic rings. The van der Waals surface area contributed by atoms with Gasteiger partial charge >= 0.3 is 0 Å². The first-order valence-electron chi connectivity index (χ1n) is 10.8. The van der Waals surface area contributed by atoms with Gasteiger partial charge in [0.2, 0.25) is 5.89 Å². The minimum absolute atomic E-state index is 0.812. The Morgan fingerprint density at radius 2 is 1.68 bits per heavy atom. The molecule has 0 amide bonds. The van der Waals surface area contributed by atoms with Crippen molar-refractivity contribution in [2.24, 2.45) is 5.92 Å². The van der Waals surface area contributed by atoms with Crippen molar-refractivity contribution in [3.05, 3.63) is 36.4 Å². The van der Waals surface area contributed by atoms with Gasteiger partial charge in [-0.15, -0.1) is 0 Å². The van der Waals surface area contributed by atoms with Crippen molar-refractivity contribution in [3.63, 3.8) is 0 Å². The molecule has 5 nitrogen and oxygen atoms in total. The molecule has 1 aromatic carbocycles. The highest BCUT2D eigenvalue weighted by Crippen LogP contribution is 2.25. The van der Waals surface area contributed by atoms with E-state index in [1.807, 2.05) is 30.5 Å². The Morgan fingerprint density at radius 3 is 2.36 bits per heavy atom. The summed E-state index contributed by atoms with van der Waals surface area (Å²) in [6.45, 7) is 7.04. The number of hydrogen-bond donors (Lipinski definition) is 0. The summed E-state index contributed by atoms with van der Waals surface area (Å²) in [6.07, 6.45) is 10.0. The lowest BCUT2D eigenvalue weighted by Crippen LogP contribution is -2.38. The fourth-order valence-electron chi connectivity index (χ4n) is 4.47. The van der Waals surface area contributed by atoms with E-state index in [9.17, 15) is 0 Å². The van der Waals surface area contributed by atoms with Crippen LogP contribution in [0.5, 0.6) is 5.75 Å². The van der Waals surface area contributed by atoms with Gasteiger partial charge in [-0.1, -0.05) is 12.8 Å². The van der Waals surface area contributed by atoms with Gasteiger partial charge in [-0.2, -0.15) is 0 Å². The molecule has 0 radical (unpaired) electrons. The Kier molecular flexibility index (Phi) is 6.65. The van der Waals surface area contributed by atoms with Gasteiger partial charge in [-0.05, 0) is 82.0 Å². The summed E-state index contributed by atoms with van der Waals surface area (Å²) >= 11 is 0. The molecular formula is C23H33N3O2. The third-order valence-corrected chi connectivity index (χ3v) is 6.21. The summed E-state index contributed by atoms with van der Waals surface area (Å²) in [5, 5.41) is 0. The zero-order chi connectivity index (χ0) is 19.2. The molecule has 0 bridgehead atoms. The van der Waals surface area contributed by atoms with Crippen molar-refractivity contribution >= 4 is 0 Å². The lowest BCUT2D eigenvalue weighted by Gasteiger charge is -2.34. The van der Waals surface area contributed by atoms with Crippen LogP contribution in [0.15, 0.2) is 34.9 Å². The van der Waals surface area contributed by atoms with E-state index in [2.05, 4.69) is 14.8 Å². The number of piperidine rings is 1. The summed E-state index contributed by atoms with van der Waals surface area (Å²) in [6, 6.07) is 7.92. The average molecular weight is 384 g/mol. The fourth-order valence-corrected chi connectivity index (χ4v) is 4.47. The van der Waals surface area contributed by atoms with Crippen molar-refractivity contribution < 1.29 is 9.15 Å². The van der Waals surface area contributed by atoms with Crippen LogP contribution in [0.3, 0.4) is 0 Å². The molecule has 28 heavy (non-hydrogen) atoms. The highest BCUT2D eigenvalue weighted by molar-refractivity contribution is 5.57. The van der Waals surface area contributed by atoms with Crippen LogP contribution < -0.4 is 4.74 Å². The van der Waals surface area contributed by atoms with Gasteiger partial charge in [-0.25, -0.2) is 4.98 Å². The van der Waals surface area contributed by atoms with E-state index >= 15 is 0 Å². The second-order valence-electron chi connectivity index (χ2n) is 8.28. The predicted octanol–water partition coefficient (Wildman–Crippen LogP) is 4.44. The lowest BCUT2D eigenvalue weighted by molar-refractivity contribution is 0.133. The Balaban J connectivity index is 1.25. The maximum Gasteiger partial charge on any atom is 0.209 e. The van der Waals surface area contributed by atoms with Crippen LogP contribution in [-0.4, -0.2) is 54.6 Å². The zero-order valence-electron chi connectivity index (χ0n) is 17.1. The molecule has 0 N–H and O–H groups in total. The molecule has 1 aromatic heterocycles. The highest BCUT2D eigenvalue weighted by Gasteiger charge is 2.23. The molecule has 152 valence electrons. The molecule has 0 atom stereocenters. The van der Waals surface area contributed by atoms with E-state index < -0.39 is 0 Å². The van der Waals surface area contributed by atoms with Gasteiger partial charge in [-0.3, -0.25) is 4.90 Å². The number of rotatable bonds is 6. The fraction of sp³-hybridized carbons (Fsp3) is 0.609. The molecule has 2 saturated heterocycles. The maximum atomic E-state index is 6.01. The summed E-state index contributed by atoms with van der Waals surface area (Å²) in [5.74, 6) is 3.35. The van der Waals surface area contributed by atoms with Crippen LogP contribution in [-0.2, 0) is 6.54 Å². The second-order valence-corrected chi connectivity index (χ2v) is 8.28. The third kappa shape index (κ3) is 5.15. The molecule has 0 aliphatic carbocycles. The summed E-state index contributed by atoms with van der Waals surface area (Å²) < 4.78 is 11.2. The minimum atomic E-state index is 0.812. The van der Waals surface area contributed by atoms with Crippen LogP contribution in [0, 0.1) is 5.92 Å². The molecule has 3 heterocycles. The van der Waals surface area contributed by atoms with Gasteiger partial charge in [0.25, 0.3) is 0 Å². The lowest BCUT2D eigenvalue weighted by atomic mass is 9.96. The molecule has 0 saturated carbocycles. The van der Waals surface area contributed by atoms with E-state index in [0.717, 1.165) is 48.5 Å². The largest absolute Gasteiger partial charge is 0.497 e. The zero-order valence-corrected chi connectivity index (χ0v) is 17.1. The van der Waals surface area contributed by atoms with E-state index in [0.29, 0.717) is 0 Å². The van der Waals surface area contributed by atoms with Gasteiger partial charge < -0.3 is 14.1 Å². The van der Waals surface area contributed by atoms with Crippen molar-refractivity contribution in [2.45, 2.75) is 45.1 Å². The van der Waals surface area contributed by atoms with Crippen LogP contribution in [0.2, 0.25) is 0 Å². The monoisotopic (exact) mass is 383 g/mol. The summed E-state index contributed by atoms with van der Waals surface area (Å²) in [4.78, 5) is 9.70. The molecular weight excluding hydrogens is 350 g/mol. The van der Waals surface area contributed by atoms with E-state index in [1.165, 1.54) is 58.2 Å².